The van der Waals surface area contributed by atoms with Crippen LogP contribution in [0.4, 0.5) is 0 Å². The lowest BCUT2D eigenvalue weighted by atomic mass is 10.2. The molecule has 0 aliphatic rings. The molecule has 110 valence electrons. The first-order chi connectivity index (χ1) is 9.53. The highest BCUT2D eigenvalue weighted by Gasteiger charge is 2.13. The second-order valence-corrected chi connectivity index (χ2v) is 3.83. The van der Waals surface area contributed by atoms with Gasteiger partial charge in [0.25, 0.3) is 11.8 Å². The molecule has 0 saturated carbocycles. The van der Waals surface area contributed by atoms with Crippen molar-refractivity contribution in [3.8, 4) is 11.5 Å². The maximum Gasteiger partial charge on any atom is 0.265 e. The molecule has 0 unspecified atom stereocenters. The molecule has 1 aromatic carbocycles. The largest absolute Gasteiger partial charge is 0.493 e. The number of nitrogens with zero attached hydrogens (tertiary/aromatic N) is 1. The first-order valence-electron chi connectivity index (χ1n) is 5.84. The molecule has 0 radical (unpaired) electrons. The summed E-state index contributed by atoms with van der Waals surface area (Å²) < 4.78 is 10.2. The van der Waals surface area contributed by atoms with Gasteiger partial charge in [-0.1, -0.05) is 0 Å². The molecule has 0 heterocycles. The zero-order valence-corrected chi connectivity index (χ0v) is 11.9. The number of rotatable bonds is 6. The van der Waals surface area contributed by atoms with E-state index in [4.69, 9.17) is 14.3 Å². The molecular formula is C13H18N2O5. The van der Waals surface area contributed by atoms with Gasteiger partial charge in [-0.05, 0) is 18.2 Å². The van der Waals surface area contributed by atoms with Gasteiger partial charge >= 0.3 is 0 Å². The number of likely N-dealkylation sites (N-methyl/N-ethyl adjacent to an activating group) is 1. The molecule has 0 saturated heterocycles. The number of amides is 2. The van der Waals surface area contributed by atoms with Crippen LogP contribution in [-0.2, 0) is 9.63 Å². The zero-order chi connectivity index (χ0) is 15.1. The van der Waals surface area contributed by atoms with Gasteiger partial charge in [0.1, 0.15) is 0 Å². The minimum Gasteiger partial charge on any atom is -0.493 e. The van der Waals surface area contributed by atoms with Crippen LogP contribution in [0.5, 0.6) is 11.5 Å². The summed E-state index contributed by atoms with van der Waals surface area (Å²) in [5.74, 6) is 0.227. The van der Waals surface area contributed by atoms with E-state index in [0.29, 0.717) is 17.1 Å². The van der Waals surface area contributed by atoms with Gasteiger partial charge in [0, 0.05) is 12.6 Å². The van der Waals surface area contributed by atoms with Crippen molar-refractivity contribution < 1.29 is 23.9 Å². The minimum atomic E-state index is -0.385. The van der Waals surface area contributed by atoms with Crippen LogP contribution in [-0.4, -0.2) is 51.8 Å². The van der Waals surface area contributed by atoms with E-state index in [2.05, 4.69) is 5.32 Å². The Kier molecular flexibility index (Phi) is 5.79. The molecule has 7 nitrogen and oxygen atoms in total. The second kappa shape index (κ2) is 7.34. The van der Waals surface area contributed by atoms with Crippen molar-refractivity contribution in [2.75, 3.05) is 34.9 Å². The van der Waals surface area contributed by atoms with Crippen LogP contribution in [0.25, 0.3) is 0 Å². The van der Waals surface area contributed by atoms with E-state index in [1.165, 1.54) is 28.4 Å². The molecule has 2 amide bonds. The lowest BCUT2D eigenvalue weighted by Gasteiger charge is -2.14. The zero-order valence-electron chi connectivity index (χ0n) is 11.9. The Morgan fingerprint density at radius 1 is 1.15 bits per heavy atom. The number of carbonyl (C=O) groups is 2. The molecule has 7 heteroatoms. The van der Waals surface area contributed by atoms with Gasteiger partial charge in [0.05, 0.1) is 27.9 Å². The number of carbonyl (C=O) groups excluding carboxylic acids is 2. The van der Waals surface area contributed by atoms with Crippen LogP contribution in [0.3, 0.4) is 0 Å². The Morgan fingerprint density at radius 3 is 2.35 bits per heavy atom. The van der Waals surface area contributed by atoms with Gasteiger partial charge in [-0.25, -0.2) is 5.06 Å². The molecule has 20 heavy (non-hydrogen) atoms. The van der Waals surface area contributed by atoms with Crippen molar-refractivity contribution >= 4 is 11.8 Å². The minimum absolute atomic E-state index is 0.155. The number of benzene rings is 1. The Labute approximate surface area is 117 Å². The Balaban J connectivity index is 2.71. The standard InChI is InChI=1S/C13H18N2O5/c1-15(20-4)12(16)8-14-13(17)9-5-6-10(18-2)11(7-9)19-3/h5-7H,8H2,1-4H3,(H,14,17). The first-order valence-corrected chi connectivity index (χ1v) is 5.84. The molecule has 0 bridgehead atoms. The van der Waals surface area contributed by atoms with Crippen LogP contribution in [0.1, 0.15) is 10.4 Å². The van der Waals surface area contributed by atoms with E-state index in [9.17, 15) is 9.59 Å². The lowest BCUT2D eigenvalue weighted by Crippen LogP contribution is -2.37. The predicted molar refractivity (Wildman–Crippen MR) is 71.7 cm³/mol. The van der Waals surface area contributed by atoms with Crippen molar-refractivity contribution in [1.82, 2.24) is 10.4 Å². The van der Waals surface area contributed by atoms with Gasteiger partial charge in [-0.2, -0.15) is 0 Å². The highest BCUT2D eigenvalue weighted by Crippen LogP contribution is 2.27. The number of hydroxylamine groups is 2. The molecule has 0 fully saturated rings. The van der Waals surface area contributed by atoms with E-state index in [0.717, 1.165) is 5.06 Å². The second-order valence-electron chi connectivity index (χ2n) is 3.83. The van der Waals surface area contributed by atoms with Gasteiger partial charge in [0.2, 0.25) is 0 Å². The van der Waals surface area contributed by atoms with Crippen LogP contribution in [0.2, 0.25) is 0 Å². The van der Waals surface area contributed by atoms with Crippen molar-refractivity contribution in [3.05, 3.63) is 23.8 Å². The summed E-state index contributed by atoms with van der Waals surface area (Å²) in [6.07, 6.45) is 0. The normalized spacial score (nSPS) is 9.80. The third kappa shape index (κ3) is 3.86. The third-order valence-corrected chi connectivity index (χ3v) is 2.67. The summed E-state index contributed by atoms with van der Waals surface area (Å²) in [7, 11) is 5.83. The summed E-state index contributed by atoms with van der Waals surface area (Å²) in [6.45, 7) is -0.155. The molecule has 0 aliphatic heterocycles. The van der Waals surface area contributed by atoms with Crippen LogP contribution >= 0.6 is 0 Å². The van der Waals surface area contributed by atoms with Crippen LogP contribution < -0.4 is 14.8 Å². The third-order valence-electron chi connectivity index (χ3n) is 2.67. The average Bonchev–Trinajstić information content (AvgIpc) is 2.50. The molecule has 1 rings (SSSR count). The SMILES string of the molecule is COc1ccc(C(=O)NCC(=O)N(C)OC)cc1OC. The average molecular weight is 282 g/mol. The monoisotopic (exact) mass is 282 g/mol. The quantitative estimate of drug-likeness (QED) is 0.767. The fourth-order valence-electron chi connectivity index (χ4n) is 1.45. The Morgan fingerprint density at radius 2 is 1.80 bits per heavy atom. The van der Waals surface area contributed by atoms with Crippen molar-refractivity contribution in [2.45, 2.75) is 0 Å². The Hall–Kier alpha value is -2.28. The fraction of sp³-hybridized carbons (Fsp3) is 0.385. The highest BCUT2D eigenvalue weighted by molar-refractivity contribution is 5.96. The molecule has 0 atom stereocenters. The summed E-state index contributed by atoms with van der Waals surface area (Å²) in [5, 5.41) is 3.53. The number of hydrogen-bond acceptors (Lipinski definition) is 5. The van der Waals surface area contributed by atoms with Crippen molar-refractivity contribution in [3.63, 3.8) is 0 Å². The number of hydrogen-bond donors (Lipinski definition) is 1. The lowest BCUT2D eigenvalue weighted by molar-refractivity contribution is -0.167. The maximum absolute atomic E-state index is 11.9. The van der Waals surface area contributed by atoms with Gasteiger partial charge in [0.15, 0.2) is 11.5 Å². The number of nitrogens with one attached hydrogen (secondary N) is 1. The van der Waals surface area contributed by atoms with Crippen molar-refractivity contribution in [2.24, 2.45) is 0 Å². The van der Waals surface area contributed by atoms with E-state index < -0.39 is 0 Å². The molecular weight excluding hydrogens is 264 g/mol. The topological polar surface area (TPSA) is 77.1 Å². The predicted octanol–water partition coefficient (Wildman–Crippen LogP) is 0.453. The summed E-state index contributed by atoms with van der Waals surface area (Å²) >= 11 is 0. The summed E-state index contributed by atoms with van der Waals surface area (Å²) in [5.41, 5.74) is 0.371. The highest BCUT2D eigenvalue weighted by atomic mass is 16.7. The van der Waals surface area contributed by atoms with E-state index in [1.807, 2.05) is 0 Å². The smallest absolute Gasteiger partial charge is 0.265 e. The molecule has 1 N–H and O–H groups in total. The molecule has 0 aliphatic carbocycles. The summed E-state index contributed by atoms with van der Waals surface area (Å²) in [4.78, 5) is 28.1. The number of ether oxygens (including phenoxy) is 2. The first kappa shape index (κ1) is 15.8. The van der Waals surface area contributed by atoms with E-state index in [-0.39, 0.29) is 18.4 Å². The molecule has 0 spiro atoms. The van der Waals surface area contributed by atoms with Crippen LogP contribution in [0.15, 0.2) is 18.2 Å². The van der Waals surface area contributed by atoms with Gasteiger partial charge in [-0.3, -0.25) is 14.4 Å². The van der Waals surface area contributed by atoms with E-state index >= 15 is 0 Å². The van der Waals surface area contributed by atoms with Gasteiger partial charge in [-0.15, -0.1) is 0 Å². The van der Waals surface area contributed by atoms with E-state index in [1.54, 1.807) is 18.2 Å². The van der Waals surface area contributed by atoms with Crippen molar-refractivity contribution in [1.29, 1.82) is 0 Å². The molecule has 0 aromatic heterocycles. The molecule has 1 aromatic rings. The maximum atomic E-state index is 11.9. The number of methoxy groups -OCH3 is 2. The van der Waals surface area contributed by atoms with Crippen LogP contribution in [0, 0.1) is 0 Å². The van der Waals surface area contributed by atoms with Gasteiger partial charge < -0.3 is 14.8 Å². The Bertz CT molecular complexity index is 490. The summed E-state index contributed by atoms with van der Waals surface area (Å²) in [6, 6.07) is 4.75. The fourth-order valence-corrected chi connectivity index (χ4v) is 1.45.